The molecule has 2 N–H and O–H groups in total. The Labute approximate surface area is 197 Å². The maximum Gasteiger partial charge on any atom is 0.243 e. The molecule has 1 atom stereocenters. The highest BCUT2D eigenvalue weighted by atomic mass is 16.5. The molecule has 0 aromatic heterocycles. The summed E-state index contributed by atoms with van der Waals surface area (Å²) in [7, 11) is 1.60. The van der Waals surface area contributed by atoms with Crippen LogP contribution >= 0.6 is 0 Å². The van der Waals surface area contributed by atoms with E-state index >= 15 is 0 Å². The van der Waals surface area contributed by atoms with Crippen LogP contribution in [0.25, 0.3) is 0 Å². The number of ether oxygens (including phenoxy) is 2. The largest absolute Gasteiger partial charge is 0.493 e. The van der Waals surface area contributed by atoms with E-state index < -0.39 is 6.04 Å². The van der Waals surface area contributed by atoms with Crippen molar-refractivity contribution in [3.8, 4) is 11.5 Å². The first-order chi connectivity index (χ1) is 16.0. The minimum absolute atomic E-state index is 0.000777. The smallest absolute Gasteiger partial charge is 0.243 e. The normalized spacial score (nSPS) is 15.0. The second-order valence-electron chi connectivity index (χ2n) is 9.04. The van der Waals surface area contributed by atoms with Gasteiger partial charge in [-0.2, -0.15) is 0 Å². The highest BCUT2D eigenvalue weighted by molar-refractivity contribution is 5.88. The molecule has 0 unspecified atom stereocenters. The van der Waals surface area contributed by atoms with Crippen molar-refractivity contribution in [2.24, 2.45) is 11.8 Å². The molecule has 2 amide bonds. The van der Waals surface area contributed by atoms with Crippen LogP contribution in [0.2, 0.25) is 0 Å². The third-order valence-electron chi connectivity index (χ3n) is 6.15. The summed E-state index contributed by atoms with van der Waals surface area (Å²) in [6.07, 6.45) is 5.19. The lowest BCUT2D eigenvalue weighted by Crippen LogP contribution is -2.51. The highest BCUT2D eigenvalue weighted by Gasteiger charge is 2.28. The van der Waals surface area contributed by atoms with Crippen molar-refractivity contribution in [2.45, 2.75) is 65.1 Å². The van der Waals surface area contributed by atoms with Crippen molar-refractivity contribution in [1.82, 2.24) is 10.6 Å². The number of benzene rings is 2. The molecular weight excluding hydrogens is 416 g/mol. The van der Waals surface area contributed by atoms with Gasteiger partial charge in [-0.25, -0.2) is 0 Å². The molecule has 2 aromatic carbocycles. The lowest BCUT2D eigenvalue weighted by atomic mass is 9.88. The Balaban J connectivity index is 1.56. The van der Waals surface area contributed by atoms with Gasteiger partial charge in [-0.05, 0) is 42.0 Å². The number of carbonyl (C=O) groups excluding carboxylic acids is 2. The topological polar surface area (TPSA) is 76.7 Å². The molecule has 0 aliphatic heterocycles. The molecule has 178 valence electrons. The lowest BCUT2D eigenvalue weighted by molar-refractivity contribution is -0.132. The number of hydrogen-bond acceptors (Lipinski definition) is 4. The molecule has 2 aromatic rings. The monoisotopic (exact) mass is 452 g/mol. The molecular formula is C27H36N2O4. The predicted octanol–water partition coefficient (Wildman–Crippen LogP) is 4.61. The molecule has 33 heavy (non-hydrogen) atoms. The van der Waals surface area contributed by atoms with E-state index in [2.05, 4.69) is 10.6 Å². The molecule has 0 saturated heterocycles. The van der Waals surface area contributed by atoms with E-state index in [9.17, 15) is 9.59 Å². The zero-order chi connectivity index (χ0) is 23.6. The summed E-state index contributed by atoms with van der Waals surface area (Å²) in [6.45, 7) is 4.70. The van der Waals surface area contributed by atoms with Gasteiger partial charge in [-0.15, -0.1) is 0 Å². The van der Waals surface area contributed by atoms with E-state index in [0.717, 1.165) is 36.8 Å². The molecule has 3 rings (SSSR count). The Kier molecular flexibility index (Phi) is 9.16. The van der Waals surface area contributed by atoms with Crippen LogP contribution in [0.15, 0.2) is 48.5 Å². The molecule has 1 aliphatic rings. The number of amides is 2. The van der Waals surface area contributed by atoms with Gasteiger partial charge in [0, 0.05) is 12.5 Å². The molecule has 6 nitrogen and oxygen atoms in total. The zero-order valence-corrected chi connectivity index (χ0v) is 19.9. The van der Waals surface area contributed by atoms with E-state index in [0.29, 0.717) is 24.7 Å². The summed E-state index contributed by atoms with van der Waals surface area (Å²) in [5, 5.41) is 5.96. The molecule has 1 saturated carbocycles. The van der Waals surface area contributed by atoms with Gasteiger partial charge >= 0.3 is 0 Å². The molecule has 0 radical (unpaired) electrons. The van der Waals surface area contributed by atoms with Crippen molar-refractivity contribution in [1.29, 1.82) is 0 Å². The molecule has 1 fully saturated rings. The van der Waals surface area contributed by atoms with Crippen LogP contribution in [0.5, 0.6) is 11.5 Å². The molecule has 1 aliphatic carbocycles. The SMILES string of the molecule is COc1cc(CNC(=O)[C@H](NC(=O)C2CCCCC2)C(C)C)ccc1OCc1ccccc1. The van der Waals surface area contributed by atoms with Crippen LogP contribution in [-0.4, -0.2) is 25.0 Å². The van der Waals surface area contributed by atoms with Crippen molar-refractivity contribution in [2.75, 3.05) is 7.11 Å². The minimum Gasteiger partial charge on any atom is -0.493 e. The maximum atomic E-state index is 12.9. The standard InChI is InChI=1S/C27H36N2O4/c1-19(2)25(29-26(30)22-12-8-5-9-13-22)27(31)28-17-21-14-15-23(24(16-21)32-3)33-18-20-10-6-4-7-11-20/h4,6-7,10-11,14-16,19,22,25H,5,8-9,12-13,17-18H2,1-3H3,(H,28,31)(H,29,30)/t25-/m1/s1. The summed E-state index contributed by atoms with van der Waals surface area (Å²) < 4.78 is 11.4. The second kappa shape index (κ2) is 12.3. The predicted molar refractivity (Wildman–Crippen MR) is 129 cm³/mol. The third kappa shape index (κ3) is 7.24. The number of rotatable bonds is 10. The van der Waals surface area contributed by atoms with Crippen molar-refractivity contribution < 1.29 is 19.1 Å². The van der Waals surface area contributed by atoms with E-state index in [1.807, 2.05) is 62.4 Å². The van der Waals surface area contributed by atoms with Crippen LogP contribution in [-0.2, 0) is 22.7 Å². The van der Waals surface area contributed by atoms with Crippen molar-refractivity contribution in [3.63, 3.8) is 0 Å². The fourth-order valence-electron chi connectivity index (χ4n) is 4.15. The van der Waals surface area contributed by atoms with Crippen molar-refractivity contribution >= 4 is 11.8 Å². The third-order valence-corrected chi connectivity index (χ3v) is 6.15. The highest BCUT2D eigenvalue weighted by Crippen LogP contribution is 2.29. The first-order valence-corrected chi connectivity index (χ1v) is 11.9. The Hall–Kier alpha value is -3.02. The Bertz CT molecular complexity index is 908. The first kappa shape index (κ1) is 24.6. The molecule has 0 spiro atoms. The molecule has 0 bridgehead atoms. The van der Waals surface area contributed by atoms with Gasteiger partial charge in [-0.1, -0.05) is 69.5 Å². The fourth-order valence-corrected chi connectivity index (χ4v) is 4.15. The molecule has 6 heteroatoms. The zero-order valence-electron chi connectivity index (χ0n) is 19.9. The van der Waals surface area contributed by atoms with Gasteiger partial charge in [0.1, 0.15) is 12.6 Å². The van der Waals surface area contributed by atoms with Gasteiger partial charge in [0.05, 0.1) is 7.11 Å². The van der Waals surface area contributed by atoms with E-state index in [4.69, 9.17) is 9.47 Å². The number of carbonyl (C=O) groups is 2. The van der Waals surface area contributed by atoms with Crippen LogP contribution in [0, 0.1) is 11.8 Å². The average molecular weight is 453 g/mol. The van der Waals surface area contributed by atoms with Gasteiger partial charge < -0.3 is 20.1 Å². The Morgan fingerprint density at radius 1 is 0.970 bits per heavy atom. The first-order valence-electron chi connectivity index (χ1n) is 11.9. The van der Waals surface area contributed by atoms with Crippen LogP contribution < -0.4 is 20.1 Å². The minimum atomic E-state index is -0.546. The Morgan fingerprint density at radius 3 is 2.36 bits per heavy atom. The number of methoxy groups -OCH3 is 1. The van der Waals surface area contributed by atoms with Crippen LogP contribution in [0.1, 0.15) is 57.1 Å². The lowest BCUT2D eigenvalue weighted by Gasteiger charge is -2.26. The van der Waals surface area contributed by atoms with Gasteiger partial charge in [0.2, 0.25) is 11.8 Å². The fraction of sp³-hybridized carbons (Fsp3) is 0.481. The number of hydrogen-bond donors (Lipinski definition) is 2. The van der Waals surface area contributed by atoms with Crippen LogP contribution in [0.4, 0.5) is 0 Å². The summed E-state index contributed by atoms with van der Waals surface area (Å²) in [6, 6.07) is 15.0. The van der Waals surface area contributed by atoms with E-state index in [-0.39, 0.29) is 23.7 Å². The van der Waals surface area contributed by atoms with E-state index in [1.165, 1.54) is 6.42 Å². The summed E-state index contributed by atoms with van der Waals surface area (Å²) in [4.78, 5) is 25.5. The summed E-state index contributed by atoms with van der Waals surface area (Å²) in [5.41, 5.74) is 1.97. The van der Waals surface area contributed by atoms with E-state index in [1.54, 1.807) is 7.11 Å². The second-order valence-corrected chi connectivity index (χ2v) is 9.04. The average Bonchev–Trinajstić information content (AvgIpc) is 2.85. The van der Waals surface area contributed by atoms with Gasteiger partial charge in [0.15, 0.2) is 11.5 Å². The summed E-state index contributed by atoms with van der Waals surface area (Å²) >= 11 is 0. The number of nitrogens with one attached hydrogen (secondary N) is 2. The maximum absolute atomic E-state index is 12.9. The van der Waals surface area contributed by atoms with Crippen LogP contribution in [0.3, 0.4) is 0 Å². The quantitative estimate of drug-likeness (QED) is 0.552. The Morgan fingerprint density at radius 2 is 1.70 bits per heavy atom. The summed E-state index contributed by atoms with van der Waals surface area (Å²) in [5.74, 6) is 1.13. The van der Waals surface area contributed by atoms with Crippen molar-refractivity contribution in [3.05, 3.63) is 59.7 Å². The van der Waals surface area contributed by atoms with Gasteiger partial charge in [0.25, 0.3) is 0 Å². The van der Waals surface area contributed by atoms with Gasteiger partial charge in [-0.3, -0.25) is 9.59 Å². The molecule has 0 heterocycles.